The molecule has 2 heterocycles. The number of nitrogens with zero attached hydrogens (tertiary/aromatic N) is 5. The number of hydrogen-bond donors (Lipinski definition) is 1. The molecule has 0 radical (unpaired) electrons. The van der Waals surface area contributed by atoms with E-state index in [0.29, 0.717) is 17.3 Å². The molecule has 0 bridgehead atoms. The van der Waals surface area contributed by atoms with E-state index >= 15 is 0 Å². The van der Waals surface area contributed by atoms with Crippen LogP contribution in [-0.2, 0) is 17.9 Å². The molecule has 1 N–H and O–H groups in total. The minimum absolute atomic E-state index is 0.0372. The zero-order chi connectivity index (χ0) is 18.8. The van der Waals surface area contributed by atoms with Gasteiger partial charge in [0.05, 0.1) is 23.9 Å². The molecule has 0 atom stereocenters. The number of nitrogens with one attached hydrogen (secondary N) is 1. The molecule has 1 amide bonds. The van der Waals surface area contributed by atoms with E-state index in [9.17, 15) is 9.18 Å². The summed E-state index contributed by atoms with van der Waals surface area (Å²) in [7, 11) is 0. The second kappa shape index (κ2) is 7.16. The van der Waals surface area contributed by atoms with Crippen LogP contribution in [0.3, 0.4) is 0 Å². The Morgan fingerprint density at radius 1 is 1.22 bits per heavy atom. The summed E-state index contributed by atoms with van der Waals surface area (Å²) in [5, 5.41) is 15.3. The standard InChI is InChI=1S/C18H14ClFN6O/c19-15-7-13(20)6-5-12(15)9-25-10-14(8-21-25)22-18(27)11-26-17-4-2-1-3-16(17)23-24-26/h1-8,10H,9,11H2,(H,22,27). The van der Waals surface area contributed by atoms with Crippen LogP contribution in [0, 0.1) is 5.82 Å². The van der Waals surface area contributed by atoms with Crippen molar-refractivity contribution in [3.63, 3.8) is 0 Å². The van der Waals surface area contributed by atoms with Crippen molar-refractivity contribution in [3.05, 3.63) is 71.3 Å². The summed E-state index contributed by atoms with van der Waals surface area (Å²) in [6.07, 6.45) is 3.21. The summed E-state index contributed by atoms with van der Waals surface area (Å²) < 4.78 is 16.3. The summed E-state index contributed by atoms with van der Waals surface area (Å²) in [5.74, 6) is -0.636. The molecule has 0 unspecified atom stereocenters. The van der Waals surface area contributed by atoms with E-state index in [-0.39, 0.29) is 12.5 Å². The number of rotatable bonds is 5. The molecule has 2 aromatic carbocycles. The fourth-order valence-corrected chi connectivity index (χ4v) is 2.94. The number of carbonyl (C=O) groups is 1. The molecule has 4 rings (SSSR count). The molecule has 0 spiro atoms. The molecule has 0 aliphatic carbocycles. The zero-order valence-electron chi connectivity index (χ0n) is 14.0. The van der Waals surface area contributed by atoms with Gasteiger partial charge in [-0.2, -0.15) is 5.10 Å². The van der Waals surface area contributed by atoms with Crippen LogP contribution in [0.1, 0.15) is 5.56 Å². The molecule has 0 saturated carbocycles. The minimum atomic E-state index is -0.391. The van der Waals surface area contributed by atoms with Gasteiger partial charge in [-0.15, -0.1) is 5.10 Å². The number of anilines is 1. The topological polar surface area (TPSA) is 77.6 Å². The van der Waals surface area contributed by atoms with Crippen LogP contribution in [0.5, 0.6) is 0 Å². The highest BCUT2D eigenvalue weighted by Crippen LogP contribution is 2.19. The number of para-hydroxylation sites is 1. The van der Waals surface area contributed by atoms with Crippen LogP contribution >= 0.6 is 11.6 Å². The van der Waals surface area contributed by atoms with E-state index in [1.165, 1.54) is 23.0 Å². The largest absolute Gasteiger partial charge is 0.322 e. The van der Waals surface area contributed by atoms with E-state index in [1.807, 2.05) is 24.3 Å². The lowest BCUT2D eigenvalue weighted by molar-refractivity contribution is -0.116. The fourth-order valence-electron chi connectivity index (χ4n) is 2.71. The van der Waals surface area contributed by atoms with Crippen LogP contribution in [0.15, 0.2) is 54.9 Å². The molecule has 136 valence electrons. The summed E-state index contributed by atoms with van der Waals surface area (Å²) in [6, 6.07) is 11.6. The maximum absolute atomic E-state index is 13.1. The van der Waals surface area contributed by atoms with Crippen LogP contribution in [0.25, 0.3) is 11.0 Å². The van der Waals surface area contributed by atoms with Crippen molar-refractivity contribution in [2.45, 2.75) is 13.1 Å². The first-order chi connectivity index (χ1) is 13.1. The minimum Gasteiger partial charge on any atom is -0.322 e. The van der Waals surface area contributed by atoms with E-state index in [2.05, 4.69) is 20.7 Å². The maximum atomic E-state index is 13.1. The second-order valence-electron chi connectivity index (χ2n) is 5.95. The lowest BCUT2D eigenvalue weighted by atomic mass is 10.2. The maximum Gasteiger partial charge on any atom is 0.246 e. The molecular weight excluding hydrogens is 371 g/mol. The number of fused-ring (bicyclic) bond motifs is 1. The first-order valence-corrected chi connectivity index (χ1v) is 8.51. The molecule has 9 heteroatoms. The zero-order valence-corrected chi connectivity index (χ0v) is 14.8. The van der Waals surface area contributed by atoms with Crippen LogP contribution < -0.4 is 5.32 Å². The van der Waals surface area contributed by atoms with Crippen molar-refractivity contribution >= 4 is 34.2 Å². The number of aromatic nitrogens is 5. The molecule has 4 aromatic rings. The molecule has 0 aliphatic heterocycles. The fraction of sp³-hybridized carbons (Fsp3) is 0.111. The second-order valence-corrected chi connectivity index (χ2v) is 6.35. The smallest absolute Gasteiger partial charge is 0.246 e. The summed E-state index contributed by atoms with van der Waals surface area (Å²) in [5.41, 5.74) is 2.79. The third-order valence-corrected chi connectivity index (χ3v) is 4.33. The first-order valence-electron chi connectivity index (χ1n) is 8.13. The lowest BCUT2D eigenvalue weighted by Gasteiger charge is -2.05. The quantitative estimate of drug-likeness (QED) is 0.573. The highest BCUT2D eigenvalue weighted by molar-refractivity contribution is 6.31. The van der Waals surface area contributed by atoms with Gasteiger partial charge in [0, 0.05) is 11.2 Å². The van der Waals surface area contributed by atoms with Gasteiger partial charge in [0.1, 0.15) is 17.9 Å². The van der Waals surface area contributed by atoms with Gasteiger partial charge in [-0.3, -0.25) is 9.48 Å². The molecule has 0 aliphatic rings. The first kappa shape index (κ1) is 17.2. The van der Waals surface area contributed by atoms with Gasteiger partial charge < -0.3 is 5.32 Å². The SMILES string of the molecule is O=C(Cn1nnc2ccccc21)Nc1cnn(Cc2ccc(F)cc2Cl)c1. The van der Waals surface area contributed by atoms with E-state index in [0.717, 1.165) is 16.6 Å². The Bertz CT molecular complexity index is 1120. The van der Waals surface area contributed by atoms with Crippen LogP contribution in [-0.4, -0.2) is 30.7 Å². The summed E-state index contributed by atoms with van der Waals surface area (Å²) in [4.78, 5) is 12.3. The van der Waals surface area contributed by atoms with Crippen molar-refractivity contribution in [2.75, 3.05) is 5.32 Å². The third kappa shape index (κ3) is 3.80. The molecule has 0 saturated heterocycles. The number of amides is 1. The third-order valence-electron chi connectivity index (χ3n) is 3.98. The Labute approximate surface area is 158 Å². The number of halogens is 2. The predicted octanol–water partition coefficient (Wildman–Crippen LogP) is 3.11. The summed E-state index contributed by atoms with van der Waals surface area (Å²) in [6.45, 7) is 0.401. The van der Waals surface area contributed by atoms with Crippen LogP contribution in [0.4, 0.5) is 10.1 Å². The van der Waals surface area contributed by atoms with E-state index in [1.54, 1.807) is 16.9 Å². The molecule has 7 nitrogen and oxygen atoms in total. The molecule has 0 fully saturated rings. The van der Waals surface area contributed by atoms with Gasteiger partial charge in [-0.1, -0.05) is 35.0 Å². The summed E-state index contributed by atoms with van der Waals surface area (Å²) >= 11 is 6.03. The average molecular weight is 385 g/mol. The Hall–Kier alpha value is -3.26. The monoisotopic (exact) mass is 384 g/mol. The van der Waals surface area contributed by atoms with Crippen molar-refractivity contribution in [1.29, 1.82) is 0 Å². The molecule has 2 aromatic heterocycles. The normalized spacial score (nSPS) is 11.0. The van der Waals surface area contributed by atoms with Crippen LogP contribution in [0.2, 0.25) is 5.02 Å². The highest BCUT2D eigenvalue weighted by Gasteiger charge is 2.10. The number of hydrogen-bond acceptors (Lipinski definition) is 4. The Kier molecular flexibility index (Phi) is 4.55. The number of benzene rings is 2. The van der Waals surface area contributed by atoms with E-state index < -0.39 is 5.82 Å². The molecular formula is C18H14ClFN6O. The number of carbonyl (C=O) groups excluding carboxylic acids is 1. The van der Waals surface area contributed by atoms with E-state index in [4.69, 9.17) is 11.6 Å². The van der Waals surface area contributed by atoms with Crippen molar-refractivity contribution in [3.8, 4) is 0 Å². The highest BCUT2D eigenvalue weighted by atomic mass is 35.5. The molecule has 27 heavy (non-hydrogen) atoms. The Morgan fingerprint density at radius 3 is 2.93 bits per heavy atom. The van der Waals surface area contributed by atoms with Gasteiger partial charge in [0.15, 0.2) is 0 Å². The Balaban J connectivity index is 1.42. The Morgan fingerprint density at radius 2 is 2.07 bits per heavy atom. The van der Waals surface area contributed by atoms with Gasteiger partial charge in [-0.05, 0) is 29.8 Å². The van der Waals surface area contributed by atoms with Gasteiger partial charge >= 0.3 is 0 Å². The van der Waals surface area contributed by atoms with Crippen molar-refractivity contribution < 1.29 is 9.18 Å². The predicted molar refractivity (Wildman–Crippen MR) is 98.9 cm³/mol. The van der Waals surface area contributed by atoms with Gasteiger partial charge in [0.2, 0.25) is 5.91 Å². The van der Waals surface area contributed by atoms with Gasteiger partial charge in [-0.25, -0.2) is 9.07 Å². The van der Waals surface area contributed by atoms with Gasteiger partial charge in [0.25, 0.3) is 0 Å². The van der Waals surface area contributed by atoms with Crippen molar-refractivity contribution in [2.24, 2.45) is 0 Å². The average Bonchev–Trinajstić information content (AvgIpc) is 3.25. The lowest BCUT2D eigenvalue weighted by Crippen LogP contribution is -2.19. The van der Waals surface area contributed by atoms with Crippen molar-refractivity contribution in [1.82, 2.24) is 24.8 Å².